The molecular weight excluding hydrogens is 208 g/mol. The highest BCUT2D eigenvalue weighted by atomic mass is 15.1. The lowest BCUT2D eigenvalue weighted by Gasteiger charge is -2.16. The Kier molecular flexibility index (Phi) is 3.17. The molecule has 2 N–H and O–H groups in total. The fraction of sp³-hybridized carbons (Fsp3) is 0.600. The van der Waals surface area contributed by atoms with Gasteiger partial charge in [0.1, 0.15) is 0 Å². The number of hydrogen-bond donors (Lipinski definition) is 1. The Hall–Kier alpha value is -0.860. The van der Waals surface area contributed by atoms with E-state index in [9.17, 15) is 0 Å². The standard InChI is InChI=1S/C15H22N2/c16-9-13-6-7-17(11-13)10-12-2-1-3-15(8-12)14-4-5-14/h1-3,8,13-14H,4-7,9-11,16H2. The predicted molar refractivity (Wildman–Crippen MR) is 70.9 cm³/mol. The third kappa shape index (κ3) is 2.70. The van der Waals surface area contributed by atoms with Crippen LogP contribution in [0.5, 0.6) is 0 Å². The van der Waals surface area contributed by atoms with Gasteiger partial charge < -0.3 is 5.73 Å². The zero-order valence-corrected chi connectivity index (χ0v) is 10.4. The van der Waals surface area contributed by atoms with E-state index in [1.165, 1.54) is 37.9 Å². The van der Waals surface area contributed by atoms with Gasteiger partial charge in [-0.1, -0.05) is 24.3 Å². The molecule has 17 heavy (non-hydrogen) atoms. The molecule has 1 heterocycles. The van der Waals surface area contributed by atoms with Gasteiger partial charge in [-0.25, -0.2) is 0 Å². The molecule has 2 heteroatoms. The molecule has 1 atom stereocenters. The maximum atomic E-state index is 5.73. The molecule has 0 radical (unpaired) electrons. The van der Waals surface area contributed by atoms with Crippen molar-refractivity contribution in [3.63, 3.8) is 0 Å². The van der Waals surface area contributed by atoms with E-state index in [4.69, 9.17) is 5.73 Å². The molecule has 1 aliphatic heterocycles. The third-order valence-electron chi connectivity index (χ3n) is 4.11. The van der Waals surface area contributed by atoms with E-state index >= 15 is 0 Å². The van der Waals surface area contributed by atoms with Crippen molar-refractivity contribution >= 4 is 0 Å². The second-order valence-corrected chi connectivity index (χ2v) is 5.64. The Balaban J connectivity index is 1.62. The van der Waals surface area contributed by atoms with Gasteiger partial charge in [-0.3, -0.25) is 4.90 Å². The van der Waals surface area contributed by atoms with Crippen LogP contribution in [-0.4, -0.2) is 24.5 Å². The Morgan fingerprint density at radius 3 is 2.82 bits per heavy atom. The first kappa shape index (κ1) is 11.2. The Morgan fingerprint density at radius 2 is 2.12 bits per heavy atom. The summed E-state index contributed by atoms with van der Waals surface area (Å²) < 4.78 is 0. The van der Waals surface area contributed by atoms with Gasteiger partial charge in [-0.15, -0.1) is 0 Å². The van der Waals surface area contributed by atoms with Gasteiger partial charge in [0.05, 0.1) is 0 Å². The van der Waals surface area contributed by atoms with Crippen LogP contribution in [0.2, 0.25) is 0 Å². The highest BCUT2D eigenvalue weighted by Crippen LogP contribution is 2.40. The van der Waals surface area contributed by atoms with E-state index in [1.807, 2.05) is 0 Å². The number of nitrogens with two attached hydrogens (primary N) is 1. The zero-order chi connectivity index (χ0) is 11.7. The average molecular weight is 230 g/mol. The lowest BCUT2D eigenvalue weighted by atomic mass is 10.1. The number of benzene rings is 1. The summed E-state index contributed by atoms with van der Waals surface area (Å²) in [5.41, 5.74) is 8.77. The van der Waals surface area contributed by atoms with Crippen LogP contribution in [0.25, 0.3) is 0 Å². The van der Waals surface area contributed by atoms with Gasteiger partial charge in [0.2, 0.25) is 0 Å². The molecule has 0 spiro atoms. The first-order chi connectivity index (χ1) is 8.35. The number of nitrogens with zero attached hydrogens (tertiary/aromatic N) is 1. The number of rotatable bonds is 4. The maximum Gasteiger partial charge on any atom is 0.0233 e. The van der Waals surface area contributed by atoms with Crippen LogP contribution in [-0.2, 0) is 6.54 Å². The fourth-order valence-corrected chi connectivity index (χ4v) is 2.87. The molecule has 0 aromatic heterocycles. The van der Waals surface area contributed by atoms with Crippen LogP contribution in [0.3, 0.4) is 0 Å². The summed E-state index contributed by atoms with van der Waals surface area (Å²) in [6, 6.07) is 9.18. The summed E-state index contributed by atoms with van der Waals surface area (Å²) in [6.45, 7) is 4.36. The van der Waals surface area contributed by atoms with E-state index in [0.29, 0.717) is 0 Å². The first-order valence-electron chi connectivity index (χ1n) is 6.86. The van der Waals surface area contributed by atoms with Gasteiger partial charge in [-0.05, 0) is 55.3 Å². The smallest absolute Gasteiger partial charge is 0.0233 e. The van der Waals surface area contributed by atoms with Crippen LogP contribution in [0.4, 0.5) is 0 Å². The molecular formula is C15H22N2. The molecule has 1 aromatic rings. The van der Waals surface area contributed by atoms with Gasteiger partial charge in [0, 0.05) is 13.1 Å². The summed E-state index contributed by atoms with van der Waals surface area (Å²) in [4.78, 5) is 2.55. The third-order valence-corrected chi connectivity index (χ3v) is 4.11. The van der Waals surface area contributed by atoms with E-state index < -0.39 is 0 Å². The summed E-state index contributed by atoms with van der Waals surface area (Å²) >= 11 is 0. The van der Waals surface area contributed by atoms with Crippen LogP contribution < -0.4 is 5.73 Å². The molecule has 0 bridgehead atoms. The monoisotopic (exact) mass is 230 g/mol. The van der Waals surface area contributed by atoms with Gasteiger partial charge >= 0.3 is 0 Å². The zero-order valence-electron chi connectivity index (χ0n) is 10.4. The van der Waals surface area contributed by atoms with Crippen molar-refractivity contribution < 1.29 is 0 Å². The Morgan fingerprint density at radius 1 is 1.24 bits per heavy atom. The largest absolute Gasteiger partial charge is 0.330 e. The Labute approximate surface area is 104 Å². The summed E-state index contributed by atoms with van der Waals surface area (Å²) in [5.74, 6) is 1.59. The van der Waals surface area contributed by atoms with Crippen molar-refractivity contribution in [2.24, 2.45) is 11.7 Å². The number of likely N-dealkylation sites (tertiary alicyclic amines) is 1. The van der Waals surface area contributed by atoms with Crippen LogP contribution in [0.15, 0.2) is 24.3 Å². The van der Waals surface area contributed by atoms with Crippen molar-refractivity contribution in [3.05, 3.63) is 35.4 Å². The van der Waals surface area contributed by atoms with E-state index in [2.05, 4.69) is 29.2 Å². The lowest BCUT2D eigenvalue weighted by molar-refractivity contribution is 0.318. The quantitative estimate of drug-likeness (QED) is 0.860. The van der Waals surface area contributed by atoms with E-state index in [0.717, 1.165) is 24.9 Å². The number of hydrogen-bond acceptors (Lipinski definition) is 2. The van der Waals surface area contributed by atoms with E-state index in [-0.39, 0.29) is 0 Å². The van der Waals surface area contributed by atoms with Gasteiger partial charge in [0.15, 0.2) is 0 Å². The first-order valence-corrected chi connectivity index (χ1v) is 6.86. The molecule has 1 aromatic carbocycles. The maximum absolute atomic E-state index is 5.73. The topological polar surface area (TPSA) is 29.3 Å². The predicted octanol–water partition coefficient (Wildman–Crippen LogP) is 2.34. The molecule has 2 aliphatic rings. The van der Waals surface area contributed by atoms with Crippen molar-refractivity contribution in [2.75, 3.05) is 19.6 Å². The highest BCUT2D eigenvalue weighted by molar-refractivity contribution is 5.29. The minimum atomic E-state index is 0.724. The fourth-order valence-electron chi connectivity index (χ4n) is 2.87. The highest BCUT2D eigenvalue weighted by Gasteiger charge is 2.24. The minimum absolute atomic E-state index is 0.724. The molecule has 92 valence electrons. The van der Waals surface area contributed by atoms with Crippen molar-refractivity contribution in [1.29, 1.82) is 0 Å². The van der Waals surface area contributed by atoms with Crippen molar-refractivity contribution in [3.8, 4) is 0 Å². The average Bonchev–Trinajstić information content (AvgIpc) is 3.11. The van der Waals surface area contributed by atoms with Gasteiger partial charge in [0.25, 0.3) is 0 Å². The second kappa shape index (κ2) is 4.79. The molecule has 1 unspecified atom stereocenters. The molecule has 1 saturated heterocycles. The van der Waals surface area contributed by atoms with Crippen LogP contribution in [0, 0.1) is 5.92 Å². The molecule has 1 saturated carbocycles. The summed E-state index contributed by atoms with van der Waals surface area (Å²) in [5, 5.41) is 0. The van der Waals surface area contributed by atoms with Crippen molar-refractivity contribution in [2.45, 2.75) is 31.7 Å². The molecule has 2 nitrogen and oxygen atoms in total. The van der Waals surface area contributed by atoms with Gasteiger partial charge in [-0.2, -0.15) is 0 Å². The molecule has 2 fully saturated rings. The summed E-state index contributed by atoms with van der Waals surface area (Å²) in [7, 11) is 0. The second-order valence-electron chi connectivity index (χ2n) is 5.64. The minimum Gasteiger partial charge on any atom is -0.330 e. The Bertz CT molecular complexity index is 384. The van der Waals surface area contributed by atoms with Crippen LogP contribution >= 0.6 is 0 Å². The lowest BCUT2D eigenvalue weighted by Crippen LogP contribution is -2.22. The SMILES string of the molecule is NCC1CCN(Cc2cccc(C3CC3)c2)C1. The van der Waals surface area contributed by atoms with E-state index in [1.54, 1.807) is 5.56 Å². The van der Waals surface area contributed by atoms with Crippen molar-refractivity contribution in [1.82, 2.24) is 4.90 Å². The summed E-state index contributed by atoms with van der Waals surface area (Å²) in [6.07, 6.45) is 4.06. The van der Waals surface area contributed by atoms with Crippen LogP contribution in [0.1, 0.15) is 36.3 Å². The molecule has 0 amide bonds. The molecule has 1 aliphatic carbocycles. The normalized spacial score (nSPS) is 25.4. The molecule has 3 rings (SSSR count).